The fourth-order valence-corrected chi connectivity index (χ4v) is 4.21. The van der Waals surface area contributed by atoms with Crippen molar-refractivity contribution in [3.63, 3.8) is 0 Å². The molecule has 0 atom stereocenters. The van der Waals surface area contributed by atoms with Crippen LogP contribution in [0.4, 0.5) is 4.79 Å². The van der Waals surface area contributed by atoms with E-state index in [1.807, 2.05) is 18.2 Å². The van der Waals surface area contributed by atoms with Gasteiger partial charge >= 0.3 is 5.97 Å². The number of para-hydroxylation sites is 1. The zero-order chi connectivity index (χ0) is 21.3. The lowest BCUT2D eigenvalue weighted by Crippen LogP contribution is -2.27. The number of aromatic nitrogens is 1. The third-order valence-electron chi connectivity index (χ3n) is 4.75. The van der Waals surface area contributed by atoms with Crippen molar-refractivity contribution in [3.8, 4) is 6.07 Å². The average Bonchev–Trinajstić information content (AvgIpc) is 3.20. The van der Waals surface area contributed by atoms with Crippen molar-refractivity contribution < 1.29 is 19.5 Å². The van der Waals surface area contributed by atoms with Gasteiger partial charge in [-0.25, -0.2) is 0 Å². The van der Waals surface area contributed by atoms with E-state index in [-0.39, 0.29) is 18.0 Å². The minimum absolute atomic E-state index is 0.0204. The summed E-state index contributed by atoms with van der Waals surface area (Å²) in [6, 6.07) is 16.2. The van der Waals surface area contributed by atoms with Gasteiger partial charge in [0.25, 0.3) is 11.1 Å². The molecule has 1 fully saturated rings. The molecule has 2 amide bonds. The number of benzene rings is 2. The minimum atomic E-state index is -0.973. The fraction of sp³-hybridized carbons (Fsp3) is 0.0909. The summed E-state index contributed by atoms with van der Waals surface area (Å²) >= 11 is 0.831. The molecule has 1 aliphatic heterocycles. The Hall–Kier alpha value is -3.83. The van der Waals surface area contributed by atoms with Crippen LogP contribution in [0.15, 0.2) is 59.6 Å². The SMILES string of the molecule is N#Cc1ccccc1CN1C(=O)SC(=Cc2cn(CC(=O)O)c3ccccc23)C1=O. The highest BCUT2D eigenvalue weighted by Gasteiger charge is 2.35. The Labute approximate surface area is 175 Å². The second-order valence-electron chi connectivity index (χ2n) is 6.66. The summed E-state index contributed by atoms with van der Waals surface area (Å²) in [5, 5.41) is 18.8. The average molecular weight is 417 g/mol. The molecule has 0 aliphatic carbocycles. The molecule has 0 bridgehead atoms. The van der Waals surface area contributed by atoms with Crippen LogP contribution >= 0.6 is 11.8 Å². The Kier molecular flexibility index (Phi) is 5.12. The van der Waals surface area contributed by atoms with Crippen LogP contribution in [0.25, 0.3) is 17.0 Å². The van der Waals surface area contributed by atoms with E-state index in [1.165, 1.54) is 0 Å². The van der Waals surface area contributed by atoms with Gasteiger partial charge in [-0.2, -0.15) is 5.26 Å². The first-order valence-electron chi connectivity index (χ1n) is 9.01. The van der Waals surface area contributed by atoms with Crippen molar-refractivity contribution >= 4 is 45.9 Å². The molecule has 4 rings (SSSR count). The Bertz CT molecular complexity index is 1270. The number of rotatable bonds is 5. The van der Waals surface area contributed by atoms with Crippen molar-refractivity contribution in [2.24, 2.45) is 0 Å². The number of fused-ring (bicyclic) bond motifs is 1. The second-order valence-corrected chi connectivity index (χ2v) is 7.65. The number of imide groups is 1. The highest BCUT2D eigenvalue weighted by atomic mass is 32.2. The maximum Gasteiger partial charge on any atom is 0.323 e. The van der Waals surface area contributed by atoms with Crippen molar-refractivity contribution in [3.05, 3.63) is 76.3 Å². The molecule has 0 radical (unpaired) electrons. The van der Waals surface area contributed by atoms with Crippen LogP contribution in [0.5, 0.6) is 0 Å². The van der Waals surface area contributed by atoms with Crippen molar-refractivity contribution in [1.82, 2.24) is 9.47 Å². The summed E-state index contributed by atoms with van der Waals surface area (Å²) in [6.07, 6.45) is 3.28. The largest absolute Gasteiger partial charge is 0.480 e. The van der Waals surface area contributed by atoms with Gasteiger partial charge < -0.3 is 9.67 Å². The first-order chi connectivity index (χ1) is 14.5. The summed E-state index contributed by atoms with van der Waals surface area (Å²) in [4.78, 5) is 37.9. The predicted molar refractivity (Wildman–Crippen MR) is 112 cm³/mol. The summed E-state index contributed by atoms with van der Waals surface area (Å²) in [6.45, 7) is -0.187. The van der Waals surface area contributed by atoms with Crippen molar-refractivity contribution in [1.29, 1.82) is 5.26 Å². The third kappa shape index (κ3) is 3.58. The summed E-state index contributed by atoms with van der Waals surface area (Å²) in [5.74, 6) is -1.41. The van der Waals surface area contributed by atoms with E-state index < -0.39 is 17.1 Å². The third-order valence-corrected chi connectivity index (χ3v) is 5.66. The van der Waals surface area contributed by atoms with Gasteiger partial charge in [-0.05, 0) is 35.5 Å². The Morgan fingerprint density at radius 3 is 2.63 bits per heavy atom. The molecule has 0 unspecified atom stereocenters. The number of carboxylic acid groups (broad SMARTS) is 1. The van der Waals surface area contributed by atoms with Crippen LogP contribution < -0.4 is 0 Å². The number of hydrogen-bond donors (Lipinski definition) is 1. The number of carboxylic acids is 1. The molecule has 0 spiro atoms. The molecular formula is C22H15N3O4S. The lowest BCUT2D eigenvalue weighted by molar-refractivity contribution is -0.137. The molecular weight excluding hydrogens is 402 g/mol. The molecule has 2 aromatic carbocycles. The zero-order valence-corrected chi connectivity index (χ0v) is 16.4. The van der Waals surface area contributed by atoms with E-state index in [0.29, 0.717) is 16.7 Å². The van der Waals surface area contributed by atoms with Crippen LogP contribution in [-0.4, -0.2) is 31.7 Å². The number of amides is 2. The fourth-order valence-electron chi connectivity index (χ4n) is 3.38. The van der Waals surface area contributed by atoms with E-state index in [0.717, 1.165) is 27.6 Å². The predicted octanol–water partition coefficient (Wildman–Crippen LogP) is 3.83. The quantitative estimate of drug-likeness (QED) is 0.633. The van der Waals surface area contributed by atoms with Gasteiger partial charge in [0.1, 0.15) is 6.54 Å². The molecule has 1 N–H and O–H groups in total. The lowest BCUT2D eigenvalue weighted by atomic mass is 10.1. The molecule has 148 valence electrons. The number of hydrogen-bond acceptors (Lipinski definition) is 5. The van der Waals surface area contributed by atoms with Gasteiger partial charge in [0.05, 0.1) is 23.1 Å². The van der Waals surface area contributed by atoms with Crippen LogP contribution in [0, 0.1) is 11.3 Å². The topological polar surface area (TPSA) is 103 Å². The molecule has 1 aliphatic rings. The molecule has 2 heterocycles. The van der Waals surface area contributed by atoms with E-state index in [4.69, 9.17) is 5.11 Å². The molecule has 0 saturated carbocycles. The number of aliphatic carboxylic acids is 1. The van der Waals surface area contributed by atoms with Crippen LogP contribution in [-0.2, 0) is 22.7 Å². The number of nitrogens with zero attached hydrogens (tertiary/aromatic N) is 3. The minimum Gasteiger partial charge on any atom is -0.480 e. The van der Waals surface area contributed by atoms with Gasteiger partial charge in [0, 0.05) is 22.7 Å². The van der Waals surface area contributed by atoms with Crippen LogP contribution in [0.3, 0.4) is 0 Å². The lowest BCUT2D eigenvalue weighted by Gasteiger charge is -2.13. The maximum absolute atomic E-state index is 12.9. The van der Waals surface area contributed by atoms with E-state index in [9.17, 15) is 19.6 Å². The smallest absolute Gasteiger partial charge is 0.323 e. The first kappa shape index (κ1) is 19.5. The van der Waals surface area contributed by atoms with E-state index >= 15 is 0 Å². The van der Waals surface area contributed by atoms with Gasteiger partial charge in [-0.3, -0.25) is 19.3 Å². The molecule has 7 nitrogen and oxygen atoms in total. The first-order valence-corrected chi connectivity index (χ1v) is 9.82. The van der Waals surface area contributed by atoms with E-state index in [1.54, 1.807) is 47.2 Å². The number of thioether (sulfide) groups is 1. The number of carbonyl (C=O) groups is 3. The molecule has 30 heavy (non-hydrogen) atoms. The molecule has 3 aromatic rings. The van der Waals surface area contributed by atoms with Crippen LogP contribution in [0.2, 0.25) is 0 Å². The molecule has 1 aromatic heterocycles. The highest BCUT2D eigenvalue weighted by molar-refractivity contribution is 8.18. The Morgan fingerprint density at radius 1 is 1.13 bits per heavy atom. The van der Waals surface area contributed by atoms with Crippen LogP contribution in [0.1, 0.15) is 16.7 Å². The molecule has 1 saturated heterocycles. The maximum atomic E-state index is 12.9. The van der Waals surface area contributed by atoms with Crippen molar-refractivity contribution in [2.75, 3.05) is 0 Å². The molecule has 8 heteroatoms. The summed E-state index contributed by atoms with van der Waals surface area (Å²) in [5.41, 5.74) is 2.40. The highest BCUT2D eigenvalue weighted by Crippen LogP contribution is 2.35. The van der Waals surface area contributed by atoms with E-state index in [2.05, 4.69) is 6.07 Å². The van der Waals surface area contributed by atoms with Crippen molar-refractivity contribution in [2.45, 2.75) is 13.1 Å². The summed E-state index contributed by atoms with van der Waals surface area (Å²) < 4.78 is 1.59. The standard InChI is InChI=1S/C22H15N3O4S/c23-10-14-5-1-2-6-15(14)12-25-21(28)19(30-22(25)29)9-16-11-24(13-20(26)27)18-8-4-3-7-17(16)18/h1-9,11H,12-13H2,(H,26,27). The van der Waals surface area contributed by atoms with Gasteiger partial charge in [0.2, 0.25) is 0 Å². The Balaban J connectivity index is 1.67. The number of carbonyl (C=O) groups excluding carboxylic acids is 2. The van der Waals surface area contributed by atoms with Gasteiger partial charge in [0.15, 0.2) is 0 Å². The monoisotopic (exact) mass is 417 g/mol. The zero-order valence-electron chi connectivity index (χ0n) is 15.6. The number of nitriles is 1. The summed E-state index contributed by atoms with van der Waals surface area (Å²) in [7, 11) is 0. The van der Waals surface area contributed by atoms with Gasteiger partial charge in [-0.1, -0.05) is 36.4 Å². The van der Waals surface area contributed by atoms with Gasteiger partial charge in [-0.15, -0.1) is 0 Å². The normalized spacial score (nSPS) is 15.2. The Morgan fingerprint density at radius 2 is 1.87 bits per heavy atom. The second kappa shape index (κ2) is 7.89.